The van der Waals surface area contributed by atoms with Crippen LogP contribution in [-0.2, 0) is 14.6 Å². The van der Waals surface area contributed by atoms with Crippen LogP contribution in [0.5, 0.6) is 5.75 Å². The van der Waals surface area contributed by atoms with Gasteiger partial charge < -0.3 is 14.4 Å². The van der Waals surface area contributed by atoms with E-state index in [-0.39, 0.29) is 29.4 Å². The zero-order valence-corrected chi connectivity index (χ0v) is 20.8. The van der Waals surface area contributed by atoms with Crippen LogP contribution >= 0.6 is 0 Å². The Hall–Kier alpha value is -2.08. The predicted molar refractivity (Wildman–Crippen MR) is 123 cm³/mol. The van der Waals surface area contributed by atoms with Gasteiger partial charge in [-0.2, -0.15) is 13.2 Å². The van der Waals surface area contributed by atoms with Crippen LogP contribution in [0, 0.1) is 5.92 Å². The van der Waals surface area contributed by atoms with Gasteiger partial charge in [0.25, 0.3) is 0 Å². The van der Waals surface area contributed by atoms with E-state index >= 15 is 0 Å². The number of nitrogens with zero attached hydrogens (tertiary/aromatic N) is 2. The van der Waals surface area contributed by atoms with E-state index in [1.54, 1.807) is 6.07 Å². The molecule has 0 atom stereocenters. The molecule has 1 aliphatic heterocycles. The maximum absolute atomic E-state index is 13.3. The van der Waals surface area contributed by atoms with E-state index in [1.165, 1.54) is 23.1 Å². The monoisotopic (exact) mass is 536 g/mol. The average Bonchev–Trinajstić information content (AvgIpc) is 2.84. The summed E-state index contributed by atoms with van der Waals surface area (Å²) in [6, 6.07) is 4.88. The fraction of sp³-hybridized carbons (Fsp3) is 0.708. The molecule has 4 rings (SSSR count). The standard InChI is InChI=1S/C24H32F4N2O5S/c25-17-36(32,33)21-5-2-1-4-20(21)34-16-18-6-8-19(9-7-18)29-12-14-30(15-13-29)22(31)35-23(10-3-11-23)24(26,27)28/h1-2,4-5,18-19H,3,6-17H2. The Kier molecular flexibility index (Phi) is 8.04. The Bertz CT molecular complexity index is 1020. The minimum atomic E-state index is -4.55. The summed E-state index contributed by atoms with van der Waals surface area (Å²) in [6.07, 6.45) is -1.83. The number of carbonyl (C=O) groups is 1. The molecule has 0 aromatic heterocycles. The second-order valence-corrected chi connectivity index (χ2v) is 11.8. The first-order valence-corrected chi connectivity index (χ1v) is 14.0. The highest BCUT2D eigenvalue weighted by Gasteiger charge is 2.62. The van der Waals surface area contributed by atoms with Crippen LogP contribution in [-0.4, -0.2) is 80.9 Å². The molecule has 0 radical (unpaired) electrons. The highest BCUT2D eigenvalue weighted by Crippen LogP contribution is 2.48. The van der Waals surface area contributed by atoms with Crippen molar-refractivity contribution in [2.75, 3.05) is 38.8 Å². The molecule has 1 aromatic rings. The first-order valence-electron chi connectivity index (χ1n) is 12.3. The molecular weight excluding hydrogens is 504 g/mol. The smallest absolute Gasteiger partial charge is 0.428 e. The molecule has 202 valence electrons. The fourth-order valence-corrected chi connectivity index (χ4v) is 6.05. The highest BCUT2D eigenvalue weighted by molar-refractivity contribution is 7.91. The molecule has 1 heterocycles. The number of amides is 1. The second-order valence-electron chi connectivity index (χ2n) is 9.89. The fourth-order valence-electron chi connectivity index (χ4n) is 5.21. The summed E-state index contributed by atoms with van der Waals surface area (Å²) in [5.74, 6) is 0.397. The zero-order chi connectivity index (χ0) is 26.0. The summed E-state index contributed by atoms with van der Waals surface area (Å²) in [6.45, 7) is 2.15. The number of halogens is 4. The van der Waals surface area contributed by atoms with Crippen molar-refractivity contribution in [2.24, 2.45) is 5.92 Å². The lowest BCUT2D eigenvalue weighted by Gasteiger charge is -2.45. The largest absolute Gasteiger partial charge is 0.492 e. The lowest BCUT2D eigenvalue weighted by molar-refractivity contribution is -0.286. The average molecular weight is 537 g/mol. The number of hydrogen-bond acceptors (Lipinski definition) is 6. The van der Waals surface area contributed by atoms with Gasteiger partial charge >= 0.3 is 12.3 Å². The molecule has 2 aliphatic carbocycles. The summed E-state index contributed by atoms with van der Waals surface area (Å²) < 4.78 is 87.4. The van der Waals surface area contributed by atoms with E-state index in [4.69, 9.17) is 9.47 Å². The van der Waals surface area contributed by atoms with Gasteiger partial charge in [-0.1, -0.05) is 12.1 Å². The summed E-state index contributed by atoms with van der Waals surface area (Å²) in [5.41, 5.74) is -2.32. The number of piperazine rings is 1. The van der Waals surface area contributed by atoms with Crippen LogP contribution in [0.3, 0.4) is 0 Å². The molecule has 1 saturated heterocycles. The number of carbonyl (C=O) groups excluding carboxylic acids is 1. The first kappa shape index (κ1) is 27.0. The van der Waals surface area contributed by atoms with Crippen molar-refractivity contribution in [1.29, 1.82) is 0 Å². The summed E-state index contributed by atoms with van der Waals surface area (Å²) >= 11 is 0. The minimum absolute atomic E-state index is 0.143. The normalized spacial score (nSPS) is 25.2. The molecule has 0 spiro atoms. The predicted octanol–water partition coefficient (Wildman–Crippen LogP) is 4.56. The van der Waals surface area contributed by atoms with Gasteiger partial charge in [-0.25, -0.2) is 17.6 Å². The lowest BCUT2D eigenvalue weighted by Crippen LogP contribution is -2.58. The first-order chi connectivity index (χ1) is 17.0. The van der Waals surface area contributed by atoms with Crippen molar-refractivity contribution in [2.45, 2.75) is 67.7 Å². The van der Waals surface area contributed by atoms with Crippen molar-refractivity contribution in [3.05, 3.63) is 24.3 Å². The van der Waals surface area contributed by atoms with E-state index in [0.29, 0.717) is 45.2 Å². The Balaban J connectivity index is 1.21. The molecular formula is C24H32F4N2O5S. The SMILES string of the molecule is O=C(OC1(C(F)(F)F)CCC1)N1CCN(C2CCC(COc3ccccc3S(=O)(=O)CF)CC2)CC1. The van der Waals surface area contributed by atoms with E-state index < -0.39 is 33.7 Å². The van der Waals surface area contributed by atoms with Gasteiger partial charge in [0, 0.05) is 32.2 Å². The molecule has 3 aliphatic rings. The number of sulfone groups is 1. The van der Waals surface area contributed by atoms with E-state index in [9.17, 15) is 30.8 Å². The van der Waals surface area contributed by atoms with Gasteiger partial charge in [-0.15, -0.1) is 0 Å². The molecule has 1 amide bonds. The molecule has 1 aromatic carbocycles. The quantitative estimate of drug-likeness (QED) is 0.476. The van der Waals surface area contributed by atoms with Crippen LogP contribution in [0.4, 0.5) is 22.4 Å². The van der Waals surface area contributed by atoms with Gasteiger partial charge in [0.1, 0.15) is 10.6 Å². The summed E-state index contributed by atoms with van der Waals surface area (Å²) in [4.78, 5) is 15.9. The van der Waals surface area contributed by atoms with Gasteiger partial charge in [0.15, 0.2) is 6.01 Å². The topological polar surface area (TPSA) is 76.2 Å². The van der Waals surface area contributed by atoms with Crippen molar-refractivity contribution in [1.82, 2.24) is 9.80 Å². The Morgan fingerprint density at radius 1 is 1.03 bits per heavy atom. The molecule has 36 heavy (non-hydrogen) atoms. The number of rotatable bonds is 7. The third-order valence-electron chi connectivity index (χ3n) is 7.67. The van der Waals surface area contributed by atoms with Gasteiger partial charge in [-0.05, 0) is 63.0 Å². The second kappa shape index (κ2) is 10.7. The van der Waals surface area contributed by atoms with Crippen molar-refractivity contribution < 1.29 is 40.2 Å². The molecule has 7 nitrogen and oxygen atoms in total. The lowest BCUT2D eigenvalue weighted by atomic mass is 9.79. The molecule has 3 fully saturated rings. The van der Waals surface area contributed by atoms with Crippen LogP contribution in [0.25, 0.3) is 0 Å². The Morgan fingerprint density at radius 3 is 2.22 bits per heavy atom. The van der Waals surface area contributed by atoms with E-state index in [0.717, 1.165) is 25.7 Å². The van der Waals surface area contributed by atoms with Crippen LogP contribution in [0.15, 0.2) is 29.2 Å². The Morgan fingerprint density at radius 2 is 1.67 bits per heavy atom. The van der Waals surface area contributed by atoms with Gasteiger partial charge in [0.2, 0.25) is 15.4 Å². The van der Waals surface area contributed by atoms with E-state index in [2.05, 4.69) is 4.90 Å². The number of para-hydroxylation sites is 1. The van der Waals surface area contributed by atoms with Crippen molar-refractivity contribution >= 4 is 15.9 Å². The molecule has 2 saturated carbocycles. The van der Waals surface area contributed by atoms with Crippen LogP contribution < -0.4 is 4.74 Å². The zero-order valence-electron chi connectivity index (χ0n) is 20.0. The van der Waals surface area contributed by atoms with Crippen molar-refractivity contribution in [3.63, 3.8) is 0 Å². The number of ether oxygens (including phenoxy) is 2. The molecule has 12 heteroatoms. The number of alkyl halides is 4. The highest BCUT2D eigenvalue weighted by atomic mass is 32.2. The van der Waals surface area contributed by atoms with Gasteiger partial charge in [0.05, 0.1) is 6.61 Å². The molecule has 0 bridgehead atoms. The van der Waals surface area contributed by atoms with E-state index in [1.807, 2.05) is 0 Å². The number of benzene rings is 1. The molecule has 0 unspecified atom stereocenters. The van der Waals surface area contributed by atoms with Crippen LogP contribution in [0.1, 0.15) is 44.9 Å². The third-order valence-corrected chi connectivity index (χ3v) is 8.96. The summed E-state index contributed by atoms with van der Waals surface area (Å²) in [7, 11) is -4.02. The minimum Gasteiger partial charge on any atom is -0.492 e. The Labute approximate surface area is 208 Å². The van der Waals surface area contributed by atoms with Gasteiger partial charge in [-0.3, -0.25) is 4.90 Å². The maximum Gasteiger partial charge on any atom is 0.428 e. The number of hydrogen-bond donors (Lipinski definition) is 0. The maximum atomic E-state index is 13.3. The van der Waals surface area contributed by atoms with Crippen molar-refractivity contribution in [3.8, 4) is 5.75 Å². The summed E-state index contributed by atoms with van der Waals surface area (Å²) in [5, 5.41) is 0. The molecule has 0 N–H and O–H groups in total. The van der Waals surface area contributed by atoms with Crippen LogP contribution in [0.2, 0.25) is 0 Å². The third kappa shape index (κ3) is 5.74.